The van der Waals surface area contributed by atoms with Crippen molar-refractivity contribution in [3.63, 3.8) is 0 Å². The Bertz CT molecular complexity index is 885. The first-order valence-corrected chi connectivity index (χ1v) is 10.8. The molecular weight excluding hydrogens is 372 g/mol. The molecule has 0 radical (unpaired) electrons. The first-order chi connectivity index (χ1) is 13.9. The first kappa shape index (κ1) is 24.1. The van der Waals surface area contributed by atoms with Crippen molar-refractivity contribution in [2.75, 3.05) is 6.61 Å². The number of nitrogens with two attached hydrogens (primary N) is 1. The second kappa shape index (κ2) is 9.30. The minimum Gasteiger partial charge on any atom is -0.462 e. The lowest BCUT2D eigenvalue weighted by atomic mass is 9.82. The Morgan fingerprint density at radius 1 is 0.967 bits per heavy atom. The Labute approximate surface area is 182 Å². The van der Waals surface area contributed by atoms with E-state index < -0.39 is 0 Å². The van der Waals surface area contributed by atoms with Gasteiger partial charge in [0.2, 0.25) is 0 Å². The number of hydrogen-bond donors (Lipinski definition) is 1. The van der Waals surface area contributed by atoms with Crippen LogP contribution >= 0.6 is 0 Å². The van der Waals surface area contributed by atoms with Gasteiger partial charge in [-0.15, -0.1) is 0 Å². The zero-order chi connectivity index (χ0) is 22.7. The SMILES string of the molecule is CCOC(=O)c1c(CC(C)(C)C)nc(CC(C)(C)C)c(CN)c1-c1ccc(C)cc1. The van der Waals surface area contributed by atoms with E-state index in [9.17, 15) is 4.79 Å². The van der Waals surface area contributed by atoms with Gasteiger partial charge >= 0.3 is 5.97 Å². The number of benzene rings is 1. The summed E-state index contributed by atoms with van der Waals surface area (Å²) < 4.78 is 5.49. The Morgan fingerprint density at radius 3 is 1.97 bits per heavy atom. The molecule has 2 N–H and O–H groups in total. The number of ether oxygens (including phenoxy) is 1. The van der Waals surface area contributed by atoms with Gasteiger partial charge in [0, 0.05) is 17.8 Å². The molecule has 4 heteroatoms. The van der Waals surface area contributed by atoms with Crippen LogP contribution < -0.4 is 5.73 Å². The normalized spacial score (nSPS) is 12.2. The molecule has 2 aromatic rings. The second-order valence-electron chi connectivity index (χ2n) is 10.5. The molecule has 1 heterocycles. The molecule has 0 amide bonds. The van der Waals surface area contributed by atoms with Crippen LogP contribution in [0.25, 0.3) is 11.1 Å². The molecule has 0 aliphatic heterocycles. The lowest BCUT2D eigenvalue weighted by Crippen LogP contribution is -2.23. The minimum atomic E-state index is -0.322. The van der Waals surface area contributed by atoms with E-state index in [1.807, 2.05) is 6.92 Å². The minimum absolute atomic E-state index is 0.0258. The van der Waals surface area contributed by atoms with Gasteiger partial charge in [0.1, 0.15) is 0 Å². The summed E-state index contributed by atoms with van der Waals surface area (Å²) in [7, 11) is 0. The Balaban J connectivity index is 2.92. The average Bonchev–Trinajstić information content (AvgIpc) is 2.59. The molecule has 164 valence electrons. The lowest BCUT2D eigenvalue weighted by molar-refractivity contribution is 0.0524. The number of rotatable bonds is 6. The summed E-state index contributed by atoms with van der Waals surface area (Å²) in [6.07, 6.45) is 1.47. The highest BCUT2D eigenvalue weighted by atomic mass is 16.5. The molecule has 0 atom stereocenters. The molecule has 0 saturated carbocycles. The Kier molecular flexibility index (Phi) is 7.46. The Hall–Kier alpha value is -2.20. The molecule has 0 aliphatic carbocycles. The van der Waals surface area contributed by atoms with Crippen LogP contribution in [0.15, 0.2) is 24.3 Å². The molecule has 4 nitrogen and oxygen atoms in total. The van der Waals surface area contributed by atoms with Crippen LogP contribution in [0.5, 0.6) is 0 Å². The van der Waals surface area contributed by atoms with Gasteiger partial charge in [-0.05, 0) is 48.6 Å². The van der Waals surface area contributed by atoms with Crippen LogP contribution in [-0.2, 0) is 24.1 Å². The molecule has 30 heavy (non-hydrogen) atoms. The lowest BCUT2D eigenvalue weighted by Gasteiger charge is -2.26. The van der Waals surface area contributed by atoms with Crippen LogP contribution in [0.1, 0.15) is 81.3 Å². The van der Waals surface area contributed by atoms with E-state index in [0.717, 1.165) is 34.5 Å². The van der Waals surface area contributed by atoms with E-state index in [1.165, 1.54) is 5.56 Å². The predicted octanol–water partition coefficient (Wildman–Crippen LogP) is 5.87. The van der Waals surface area contributed by atoms with Gasteiger partial charge in [0.15, 0.2) is 0 Å². The van der Waals surface area contributed by atoms with E-state index in [0.29, 0.717) is 25.1 Å². The van der Waals surface area contributed by atoms with Crippen molar-refractivity contribution < 1.29 is 9.53 Å². The molecule has 2 rings (SSSR count). The van der Waals surface area contributed by atoms with Crippen LogP contribution in [0.2, 0.25) is 0 Å². The van der Waals surface area contributed by atoms with Crippen LogP contribution in [-0.4, -0.2) is 17.6 Å². The first-order valence-electron chi connectivity index (χ1n) is 10.8. The van der Waals surface area contributed by atoms with Crippen molar-refractivity contribution in [1.82, 2.24) is 4.98 Å². The maximum atomic E-state index is 13.2. The van der Waals surface area contributed by atoms with Crippen molar-refractivity contribution in [2.45, 2.75) is 74.8 Å². The summed E-state index contributed by atoms with van der Waals surface area (Å²) in [5, 5.41) is 0. The summed E-state index contributed by atoms with van der Waals surface area (Å²) in [6, 6.07) is 8.26. The third kappa shape index (κ3) is 6.15. The summed E-state index contributed by atoms with van der Waals surface area (Å²) in [5.74, 6) is -0.322. The van der Waals surface area contributed by atoms with Crippen molar-refractivity contribution in [1.29, 1.82) is 0 Å². The number of hydrogen-bond acceptors (Lipinski definition) is 4. The van der Waals surface area contributed by atoms with E-state index in [-0.39, 0.29) is 16.8 Å². The van der Waals surface area contributed by atoms with Crippen molar-refractivity contribution >= 4 is 5.97 Å². The van der Waals surface area contributed by atoms with E-state index in [4.69, 9.17) is 15.5 Å². The molecular formula is C26H38N2O2. The molecule has 0 spiro atoms. The molecule has 1 aromatic carbocycles. The zero-order valence-corrected chi connectivity index (χ0v) is 20.0. The summed E-state index contributed by atoms with van der Waals surface area (Å²) in [6.45, 7) is 17.6. The van der Waals surface area contributed by atoms with E-state index in [2.05, 4.69) is 72.7 Å². The largest absolute Gasteiger partial charge is 0.462 e. The maximum Gasteiger partial charge on any atom is 0.340 e. The number of pyridine rings is 1. The predicted molar refractivity (Wildman–Crippen MR) is 125 cm³/mol. The number of aromatic nitrogens is 1. The molecule has 0 fully saturated rings. The third-order valence-electron chi connectivity index (χ3n) is 4.88. The highest BCUT2D eigenvalue weighted by Crippen LogP contribution is 2.36. The quantitative estimate of drug-likeness (QED) is 0.605. The van der Waals surface area contributed by atoms with Gasteiger partial charge in [0.05, 0.1) is 17.9 Å². The number of nitrogens with zero attached hydrogens (tertiary/aromatic N) is 1. The van der Waals surface area contributed by atoms with E-state index in [1.54, 1.807) is 0 Å². The van der Waals surface area contributed by atoms with Crippen molar-refractivity contribution in [3.8, 4) is 11.1 Å². The fraction of sp³-hybridized carbons (Fsp3) is 0.538. The fourth-order valence-electron chi connectivity index (χ4n) is 3.69. The van der Waals surface area contributed by atoms with Crippen LogP contribution in [0.3, 0.4) is 0 Å². The fourth-order valence-corrected chi connectivity index (χ4v) is 3.69. The van der Waals surface area contributed by atoms with E-state index >= 15 is 0 Å². The van der Waals surface area contributed by atoms with Gasteiger partial charge in [-0.1, -0.05) is 71.4 Å². The molecule has 0 aliphatic rings. The highest BCUT2D eigenvalue weighted by molar-refractivity contribution is 5.99. The summed E-state index contributed by atoms with van der Waals surface area (Å²) in [5.41, 5.74) is 12.6. The van der Waals surface area contributed by atoms with Gasteiger partial charge in [-0.25, -0.2) is 4.79 Å². The molecule has 0 unspecified atom stereocenters. The second-order valence-corrected chi connectivity index (χ2v) is 10.5. The van der Waals surface area contributed by atoms with Gasteiger partial charge < -0.3 is 10.5 Å². The summed E-state index contributed by atoms with van der Waals surface area (Å²) >= 11 is 0. The monoisotopic (exact) mass is 410 g/mol. The standard InChI is InChI=1S/C26H38N2O2/c1-9-30-24(29)23-21(15-26(6,7)8)28-20(14-25(3,4)5)19(16-27)22(23)18-12-10-17(2)11-13-18/h10-13H,9,14-16,27H2,1-8H3. The molecule has 0 saturated heterocycles. The van der Waals surface area contributed by atoms with Gasteiger partial charge in [-0.3, -0.25) is 4.98 Å². The van der Waals surface area contributed by atoms with Crippen LogP contribution in [0.4, 0.5) is 0 Å². The third-order valence-corrected chi connectivity index (χ3v) is 4.88. The van der Waals surface area contributed by atoms with Crippen molar-refractivity contribution in [2.24, 2.45) is 16.6 Å². The number of carbonyl (C=O) groups is 1. The number of carbonyl (C=O) groups excluding carboxylic acids is 1. The maximum absolute atomic E-state index is 13.2. The number of aryl methyl sites for hydroxylation is 1. The number of esters is 1. The Morgan fingerprint density at radius 2 is 1.50 bits per heavy atom. The summed E-state index contributed by atoms with van der Waals surface area (Å²) in [4.78, 5) is 18.2. The zero-order valence-electron chi connectivity index (χ0n) is 20.0. The van der Waals surface area contributed by atoms with Gasteiger partial charge in [-0.2, -0.15) is 0 Å². The highest BCUT2D eigenvalue weighted by Gasteiger charge is 2.29. The molecule has 1 aromatic heterocycles. The van der Waals surface area contributed by atoms with Crippen LogP contribution in [0, 0.1) is 17.8 Å². The smallest absolute Gasteiger partial charge is 0.340 e. The average molecular weight is 411 g/mol. The van der Waals surface area contributed by atoms with Gasteiger partial charge in [0.25, 0.3) is 0 Å². The molecule has 0 bridgehead atoms. The van der Waals surface area contributed by atoms with Crippen molar-refractivity contribution in [3.05, 3.63) is 52.3 Å². The topological polar surface area (TPSA) is 65.2 Å².